The molecule has 1 atom stereocenters. The van der Waals surface area contributed by atoms with Crippen LogP contribution in [0.1, 0.15) is 23.6 Å². The van der Waals surface area contributed by atoms with Crippen LogP contribution in [0, 0.1) is 6.92 Å². The molecule has 1 N–H and O–H groups in total. The minimum absolute atomic E-state index is 0.755. The highest BCUT2D eigenvalue weighted by atomic mass is 14.9. The number of hydrogen-bond donors (Lipinski definition) is 1. The largest absolute Gasteiger partial charge is 0.354 e. The van der Waals surface area contributed by atoms with E-state index in [0.717, 1.165) is 12.5 Å². The van der Waals surface area contributed by atoms with Gasteiger partial charge < -0.3 is 9.88 Å². The number of rotatable bonds is 1. The van der Waals surface area contributed by atoms with E-state index in [9.17, 15) is 0 Å². The molecule has 0 bridgehead atoms. The first kappa shape index (κ1) is 7.87. The molecule has 1 fully saturated rings. The Morgan fingerprint density at radius 2 is 2.42 bits per heavy atom. The van der Waals surface area contributed by atoms with E-state index >= 15 is 0 Å². The van der Waals surface area contributed by atoms with Gasteiger partial charge in [-0.25, -0.2) is 0 Å². The normalized spacial score (nSPS) is 23.3. The maximum Gasteiger partial charge on any atom is 0.0143 e. The third-order valence-electron chi connectivity index (χ3n) is 2.81. The molecule has 12 heavy (non-hydrogen) atoms. The van der Waals surface area contributed by atoms with E-state index in [0.29, 0.717) is 0 Å². The van der Waals surface area contributed by atoms with Crippen LogP contribution in [0.4, 0.5) is 0 Å². The molecule has 2 rings (SSSR count). The van der Waals surface area contributed by atoms with Gasteiger partial charge in [-0.15, -0.1) is 0 Å². The molecule has 2 heteroatoms. The maximum absolute atomic E-state index is 3.39. The second kappa shape index (κ2) is 2.94. The summed E-state index contributed by atoms with van der Waals surface area (Å²) in [7, 11) is 2.11. The summed E-state index contributed by atoms with van der Waals surface area (Å²) in [5.41, 5.74) is 2.86. The van der Waals surface area contributed by atoms with Gasteiger partial charge in [0.25, 0.3) is 0 Å². The van der Waals surface area contributed by atoms with Crippen LogP contribution < -0.4 is 5.32 Å². The number of nitrogens with zero attached hydrogens (tertiary/aromatic N) is 1. The van der Waals surface area contributed by atoms with E-state index in [-0.39, 0.29) is 0 Å². The Hall–Kier alpha value is -0.760. The molecule has 0 saturated carbocycles. The van der Waals surface area contributed by atoms with Crippen LogP contribution >= 0.6 is 0 Å². The van der Waals surface area contributed by atoms with Gasteiger partial charge >= 0.3 is 0 Å². The minimum atomic E-state index is 0.755. The molecule has 2 nitrogen and oxygen atoms in total. The van der Waals surface area contributed by atoms with Gasteiger partial charge in [0.05, 0.1) is 0 Å². The van der Waals surface area contributed by atoms with Gasteiger partial charge in [-0.05, 0) is 37.4 Å². The van der Waals surface area contributed by atoms with E-state index in [1.807, 2.05) is 0 Å². The Morgan fingerprint density at radius 1 is 1.58 bits per heavy atom. The third kappa shape index (κ3) is 1.27. The molecule has 0 aromatic carbocycles. The van der Waals surface area contributed by atoms with Crippen molar-refractivity contribution in [3.05, 3.63) is 23.5 Å². The summed E-state index contributed by atoms with van der Waals surface area (Å²) >= 11 is 0. The molecule has 0 radical (unpaired) electrons. The van der Waals surface area contributed by atoms with E-state index < -0.39 is 0 Å². The van der Waals surface area contributed by atoms with Gasteiger partial charge in [-0.2, -0.15) is 0 Å². The van der Waals surface area contributed by atoms with Crippen molar-refractivity contribution in [1.82, 2.24) is 9.88 Å². The molecule has 2 heterocycles. The van der Waals surface area contributed by atoms with Gasteiger partial charge in [0.1, 0.15) is 0 Å². The van der Waals surface area contributed by atoms with Crippen molar-refractivity contribution < 1.29 is 0 Å². The van der Waals surface area contributed by atoms with Crippen LogP contribution in [0.15, 0.2) is 12.3 Å². The first-order valence-corrected chi connectivity index (χ1v) is 4.61. The number of aromatic nitrogens is 1. The lowest BCUT2D eigenvalue weighted by molar-refractivity contribution is 0.758. The Balaban J connectivity index is 2.21. The monoisotopic (exact) mass is 164 g/mol. The summed E-state index contributed by atoms with van der Waals surface area (Å²) < 4.78 is 2.20. The Morgan fingerprint density at radius 3 is 2.92 bits per heavy atom. The van der Waals surface area contributed by atoms with E-state index in [1.165, 1.54) is 24.2 Å². The first-order valence-electron chi connectivity index (χ1n) is 4.61. The lowest BCUT2D eigenvalue weighted by atomic mass is 10.0. The van der Waals surface area contributed by atoms with Gasteiger partial charge in [-0.3, -0.25) is 0 Å². The van der Waals surface area contributed by atoms with Crippen LogP contribution in [0.25, 0.3) is 0 Å². The molecule has 1 aliphatic heterocycles. The summed E-state index contributed by atoms with van der Waals surface area (Å²) in [6.07, 6.45) is 3.55. The quantitative estimate of drug-likeness (QED) is 0.664. The summed E-state index contributed by atoms with van der Waals surface area (Å²) in [6, 6.07) is 2.30. The van der Waals surface area contributed by atoms with Gasteiger partial charge in [0.2, 0.25) is 0 Å². The molecule has 0 amide bonds. The van der Waals surface area contributed by atoms with Crippen molar-refractivity contribution in [3.8, 4) is 0 Å². The summed E-state index contributed by atoms with van der Waals surface area (Å²) in [6.45, 7) is 4.49. The Kier molecular flexibility index (Phi) is 1.93. The molecule has 0 aliphatic carbocycles. The summed E-state index contributed by atoms with van der Waals surface area (Å²) in [5, 5.41) is 3.39. The smallest absolute Gasteiger partial charge is 0.0143 e. The Bertz CT molecular complexity index is 250. The van der Waals surface area contributed by atoms with Crippen molar-refractivity contribution in [2.75, 3.05) is 13.1 Å². The molecule has 66 valence electrons. The highest BCUT2D eigenvalue weighted by Crippen LogP contribution is 2.23. The third-order valence-corrected chi connectivity index (χ3v) is 2.81. The fourth-order valence-corrected chi connectivity index (χ4v) is 1.87. The molecule has 1 aliphatic rings. The van der Waals surface area contributed by atoms with Gasteiger partial charge in [0.15, 0.2) is 0 Å². The fraction of sp³-hybridized carbons (Fsp3) is 0.600. The molecule has 1 saturated heterocycles. The van der Waals surface area contributed by atoms with Crippen molar-refractivity contribution in [2.24, 2.45) is 7.05 Å². The van der Waals surface area contributed by atoms with Crippen molar-refractivity contribution >= 4 is 0 Å². The number of nitrogens with one attached hydrogen (secondary N) is 1. The topological polar surface area (TPSA) is 17.0 Å². The molecule has 1 aromatic rings. The number of aryl methyl sites for hydroxylation is 2. The maximum atomic E-state index is 3.39. The van der Waals surface area contributed by atoms with E-state index in [1.54, 1.807) is 0 Å². The van der Waals surface area contributed by atoms with Crippen LogP contribution in [0.5, 0.6) is 0 Å². The standard InChI is InChI=1S/C10H16N2/c1-8-5-10(7-12(8)2)9-3-4-11-6-9/h5,7,9,11H,3-4,6H2,1-2H3. The first-order chi connectivity index (χ1) is 5.77. The summed E-state index contributed by atoms with van der Waals surface area (Å²) in [4.78, 5) is 0. The predicted octanol–water partition coefficient (Wildman–Crippen LogP) is 1.41. The molecule has 1 unspecified atom stereocenters. The SMILES string of the molecule is Cc1cc(C2CCNC2)cn1C. The predicted molar refractivity (Wildman–Crippen MR) is 50.4 cm³/mol. The second-order valence-corrected chi connectivity index (χ2v) is 3.72. The van der Waals surface area contributed by atoms with Crippen molar-refractivity contribution in [3.63, 3.8) is 0 Å². The minimum Gasteiger partial charge on any atom is -0.354 e. The zero-order chi connectivity index (χ0) is 8.55. The summed E-state index contributed by atoms with van der Waals surface area (Å²) in [5.74, 6) is 0.755. The van der Waals surface area contributed by atoms with Gasteiger partial charge in [-0.1, -0.05) is 0 Å². The van der Waals surface area contributed by atoms with E-state index in [2.05, 4.69) is 36.1 Å². The lowest BCUT2D eigenvalue weighted by Crippen LogP contribution is -2.07. The van der Waals surface area contributed by atoms with Crippen molar-refractivity contribution in [1.29, 1.82) is 0 Å². The molecular formula is C10H16N2. The number of hydrogen-bond acceptors (Lipinski definition) is 1. The highest BCUT2D eigenvalue weighted by molar-refractivity contribution is 5.22. The zero-order valence-corrected chi connectivity index (χ0v) is 7.80. The average Bonchev–Trinajstić information content (AvgIpc) is 2.61. The van der Waals surface area contributed by atoms with Crippen LogP contribution in [0.3, 0.4) is 0 Å². The van der Waals surface area contributed by atoms with E-state index in [4.69, 9.17) is 0 Å². The second-order valence-electron chi connectivity index (χ2n) is 3.72. The van der Waals surface area contributed by atoms with Crippen LogP contribution in [0.2, 0.25) is 0 Å². The lowest BCUT2D eigenvalue weighted by Gasteiger charge is -2.03. The molecule has 0 spiro atoms. The fourth-order valence-electron chi connectivity index (χ4n) is 1.87. The van der Waals surface area contributed by atoms with Gasteiger partial charge in [0, 0.05) is 25.5 Å². The Labute approximate surface area is 73.6 Å². The molecule has 1 aromatic heterocycles. The van der Waals surface area contributed by atoms with Crippen LogP contribution in [-0.4, -0.2) is 17.7 Å². The van der Waals surface area contributed by atoms with Crippen LogP contribution in [-0.2, 0) is 7.05 Å². The molecular weight excluding hydrogens is 148 g/mol. The van der Waals surface area contributed by atoms with Crippen molar-refractivity contribution in [2.45, 2.75) is 19.3 Å². The highest BCUT2D eigenvalue weighted by Gasteiger charge is 2.17. The average molecular weight is 164 g/mol. The zero-order valence-electron chi connectivity index (χ0n) is 7.80.